The van der Waals surface area contributed by atoms with Gasteiger partial charge in [0, 0.05) is 13.2 Å². The molecular formula is C16H15ClF7N5O3. The van der Waals surface area contributed by atoms with E-state index in [2.05, 4.69) is 9.73 Å². The van der Waals surface area contributed by atoms with Crippen LogP contribution in [0.25, 0.3) is 5.70 Å². The predicted octanol–water partition coefficient (Wildman–Crippen LogP) is 3.11. The third kappa shape index (κ3) is 5.94. The van der Waals surface area contributed by atoms with Crippen LogP contribution in [0.1, 0.15) is 15.9 Å². The van der Waals surface area contributed by atoms with Crippen molar-refractivity contribution in [2.75, 3.05) is 7.05 Å². The van der Waals surface area contributed by atoms with Gasteiger partial charge < -0.3 is 21.3 Å². The van der Waals surface area contributed by atoms with Crippen LogP contribution >= 0.6 is 11.6 Å². The van der Waals surface area contributed by atoms with E-state index in [0.29, 0.717) is 6.20 Å². The van der Waals surface area contributed by atoms with Crippen molar-refractivity contribution in [1.82, 2.24) is 5.01 Å². The summed E-state index contributed by atoms with van der Waals surface area (Å²) in [5.74, 6) is -4.73. The van der Waals surface area contributed by atoms with Gasteiger partial charge in [-0.25, -0.2) is 10.6 Å². The third-order valence-corrected chi connectivity index (χ3v) is 3.94. The van der Waals surface area contributed by atoms with E-state index in [0.717, 1.165) is 19.2 Å². The summed E-state index contributed by atoms with van der Waals surface area (Å²) in [6, 6.07) is 3.35. The highest BCUT2D eigenvalue weighted by molar-refractivity contribution is 6.33. The van der Waals surface area contributed by atoms with Gasteiger partial charge in [0.15, 0.2) is 11.6 Å². The number of halogens is 8. The van der Waals surface area contributed by atoms with E-state index in [1.165, 1.54) is 6.07 Å². The summed E-state index contributed by atoms with van der Waals surface area (Å²) in [5.41, 5.74) is 7.30. The molecule has 0 spiro atoms. The second-order valence-electron chi connectivity index (χ2n) is 5.73. The Morgan fingerprint density at radius 3 is 2.25 bits per heavy atom. The van der Waals surface area contributed by atoms with E-state index in [1.807, 2.05) is 0 Å². The van der Waals surface area contributed by atoms with Crippen LogP contribution in [0.2, 0.25) is 5.02 Å². The Labute approximate surface area is 180 Å². The number of rotatable bonds is 7. The highest BCUT2D eigenvalue weighted by Gasteiger charge is 2.61. The summed E-state index contributed by atoms with van der Waals surface area (Å²) in [5, 5.41) is 9.09. The average molecular weight is 494 g/mol. The van der Waals surface area contributed by atoms with E-state index in [9.17, 15) is 35.5 Å². The topological polar surface area (TPSA) is 140 Å². The largest absolute Gasteiger partial charge is 0.478 e. The van der Waals surface area contributed by atoms with Gasteiger partial charge in [-0.05, 0) is 17.7 Å². The number of benzene rings is 1. The number of aromatic carboxylic acids is 1. The number of amidine groups is 1. The van der Waals surface area contributed by atoms with Crippen LogP contribution in [0.5, 0.6) is 0 Å². The molecule has 0 aliphatic rings. The monoisotopic (exact) mass is 493 g/mol. The van der Waals surface area contributed by atoms with Crippen LogP contribution in [-0.2, 0) is 4.74 Å². The van der Waals surface area contributed by atoms with Gasteiger partial charge in [-0.1, -0.05) is 17.7 Å². The molecule has 32 heavy (non-hydrogen) atoms. The summed E-state index contributed by atoms with van der Waals surface area (Å²) in [4.78, 5) is 14.4. The molecule has 0 fully saturated rings. The zero-order chi connectivity index (χ0) is 25.0. The van der Waals surface area contributed by atoms with Crippen LogP contribution < -0.4 is 17.3 Å². The molecule has 16 heteroatoms. The molecule has 0 heterocycles. The number of allylic oxidation sites excluding steroid dienone is 1. The molecule has 0 aliphatic heterocycles. The summed E-state index contributed by atoms with van der Waals surface area (Å²) < 4.78 is 94.3. The lowest BCUT2D eigenvalue weighted by Crippen LogP contribution is -2.45. The van der Waals surface area contributed by atoms with Crippen molar-refractivity contribution in [2.24, 2.45) is 22.3 Å². The highest BCUT2D eigenvalue weighted by atomic mass is 35.5. The molecule has 0 amide bonds. The van der Waals surface area contributed by atoms with Crippen LogP contribution in [-0.4, -0.2) is 47.7 Å². The molecule has 0 radical (unpaired) electrons. The normalized spacial score (nSPS) is 14.3. The summed E-state index contributed by atoms with van der Waals surface area (Å²) in [6.07, 6.45) is -5.59. The average Bonchev–Trinajstić information content (AvgIpc) is 2.65. The summed E-state index contributed by atoms with van der Waals surface area (Å²) >= 11 is 5.71. The fourth-order valence-corrected chi connectivity index (χ4v) is 2.31. The fraction of sp³-hybridized carbons (Fsp3) is 0.250. The number of carbonyl (C=O) groups is 1. The molecule has 0 aromatic heterocycles. The lowest BCUT2D eigenvalue weighted by Gasteiger charge is -2.25. The molecule has 1 aromatic rings. The lowest BCUT2D eigenvalue weighted by atomic mass is 10.1. The number of nitrogens with two attached hydrogens (primary N) is 3. The molecule has 0 aliphatic carbocycles. The Balaban J connectivity index is 3.53. The van der Waals surface area contributed by atoms with Gasteiger partial charge in [0.2, 0.25) is 0 Å². The van der Waals surface area contributed by atoms with Crippen molar-refractivity contribution in [3.8, 4) is 0 Å². The SMILES string of the molecule is CN=C(C(OC(F)F)=C(N)C(F)(F)C(F)(F)F)N(N)/C=C(\N)c1ccc(Cl)c(C(=O)O)c1. The van der Waals surface area contributed by atoms with Gasteiger partial charge >= 0.3 is 24.7 Å². The molecule has 1 aromatic carbocycles. The smallest absolute Gasteiger partial charge is 0.459 e. The van der Waals surface area contributed by atoms with E-state index in [1.54, 1.807) is 0 Å². The molecular weight excluding hydrogens is 479 g/mol. The molecule has 0 saturated carbocycles. The molecule has 0 saturated heterocycles. The first-order chi connectivity index (χ1) is 14.5. The van der Waals surface area contributed by atoms with Gasteiger partial charge in [-0.3, -0.25) is 10.0 Å². The maximum Gasteiger partial charge on any atom is 0.459 e. The van der Waals surface area contributed by atoms with E-state index in [-0.39, 0.29) is 26.9 Å². The minimum absolute atomic E-state index is 0.0356. The zero-order valence-electron chi connectivity index (χ0n) is 15.8. The van der Waals surface area contributed by atoms with Crippen LogP contribution in [0, 0.1) is 0 Å². The van der Waals surface area contributed by atoms with Crippen molar-refractivity contribution in [3.05, 3.63) is 52.0 Å². The number of carboxylic acid groups (broad SMARTS) is 1. The maximum atomic E-state index is 13.6. The molecule has 1 rings (SSSR count). The van der Waals surface area contributed by atoms with Crippen molar-refractivity contribution in [1.29, 1.82) is 0 Å². The van der Waals surface area contributed by atoms with Gasteiger partial charge in [0.05, 0.1) is 16.3 Å². The molecule has 8 nitrogen and oxygen atoms in total. The minimum Gasteiger partial charge on any atom is -0.478 e. The number of hydrazine groups is 1. The van der Waals surface area contributed by atoms with Crippen LogP contribution in [0.15, 0.2) is 40.8 Å². The first-order valence-corrected chi connectivity index (χ1v) is 8.33. The Bertz CT molecular complexity index is 964. The van der Waals surface area contributed by atoms with Crippen molar-refractivity contribution in [2.45, 2.75) is 18.7 Å². The van der Waals surface area contributed by atoms with E-state index >= 15 is 0 Å². The Morgan fingerprint density at radius 2 is 1.81 bits per heavy atom. The molecule has 7 N–H and O–H groups in total. The lowest BCUT2D eigenvalue weighted by molar-refractivity contribution is -0.266. The predicted molar refractivity (Wildman–Crippen MR) is 99.3 cm³/mol. The molecule has 0 unspecified atom stereocenters. The number of carboxylic acids is 1. The van der Waals surface area contributed by atoms with Gasteiger partial charge in [0.1, 0.15) is 5.70 Å². The first kappa shape index (κ1) is 26.8. The Hall–Kier alpha value is -3.20. The quantitative estimate of drug-likeness (QED) is 0.114. The van der Waals surface area contributed by atoms with Gasteiger partial charge in [-0.15, -0.1) is 0 Å². The minimum atomic E-state index is -6.25. The zero-order valence-corrected chi connectivity index (χ0v) is 16.6. The number of aliphatic imine (C=N–C) groups is 1. The standard InChI is InChI=1S/C16H15ClF7N5O3/c1-28-12(10(32-14(18)19)11(26)15(20,21)16(22,23)24)29(27)5-9(25)6-2-3-8(17)7(4-6)13(30)31/h2-5,14H,25-27H2,1H3,(H,30,31)/b9-5-,11-10?,28-12?. The number of hydrogen-bond donors (Lipinski definition) is 4. The summed E-state index contributed by atoms with van der Waals surface area (Å²) in [6.45, 7) is -3.88. The molecule has 0 bridgehead atoms. The van der Waals surface area contributed by atoms with Crippen LogP contribution in [0.3, 0.4) is 0 Å². The highest BCUT2D eigenvalue weighted by Crippen LogP contribution is 2.40. The van der Waals surface area contributed by atoms with E-state index in [4.69, 9.17) is 34.0 Å². The number of ether oxygens (including phenoxy) is 1. The third-order valence-electron chi connectivity index (χ3n) is 3.61. The Morgan fingerprint density at radius 1 is 1.25 bits per heavy atom. The molecule has 0 atom stereocenters. The van der Waals surface area contributed by atoms with Gasteiger partial charge in [0.25, 0.3) is 0 Å². The van der Waals surface area contributed by atoms with E-state index < -0.39 is 42.0 Å². The molecule has 178 valence electrons. The second kappa shape index (κ2) is 9.95. The van der Waals surface area contributed by atoms with Crippen LogP contribution in [0.4, 0.5) is 30.7 Å². The van der Waals surface area contributed by atoms with Crippen molar-refractivity contribution >= 4 is 29.1 Å². The fourth-order valence-electron chi connectivity index (χ4n) is 2.11. The Kier molecular flexibility index (Phi) is 8.34. The number of hydrogen-bond acceptors (Lipinski definition) is 6. The second-order valence-corrected chi connectivity index (χ2v) is 6.14. The van der Waals surface area contributed by atoms with Crippen molar-refractivity contribution in [3.63, 3.8) is 0 Å². The number of nitrogens with zero attached hydrogens (tertiary/aromatic N) is 2. The number of alkyl halides is 7. The summed E-state index contributed by atoms with van der Waals surface area (Å²) in [7, 11) is 0.803. The van der Waals surface area contributed by atoms with Crippen molar-refractivity contribution < 1.29 is 45.4 Å². The van der Waals surface area contributed by atoms with Gasteiger partial charge in [-0.2, -0.15) is 30.7 Å². The maximum absolute atomic E-state index is 13.6. The first-order valence-electron chi connectivity index (χ1n) is 7.95.